The van der Waals surface area contributed by atoms with E-state index in [9.17, 15) is 9.59 Å². The quantitative estimate of drug-likeness (QED) is 0.372. The topological polar surface area (TPSA) is 58.6 Å². The summed E-state index contributed by atoms with van der Waals surface area (Å²) in [6.45, 7) is 4.36. The maximum absolute atomic E-state index is 13.7. The number of nitrogens with one attached hydrogen (secondary N) is 1. The van der Waals surface area contributed by atoms with Gasteiger partial charge in [-0.1, -0.05) is 92.1 Å². The number of hydrogen-bond donors (Lipinski definition) is 1. The van der Waals surface area contributed by atoms with Gasteiger partial charge in [-0.2, -0.15) is 0 Å². The molecule has 1 aliphatic rings. The van der Waals surface area contributed by atoms with Crippen molar-refractivity contribution >= 4 is 11.8 Å². The van der Waals surface area contributed by atoms with Crippen molar-refractivity contribution in [2.75, 3.05) is 6.61 Å². The van der Waals surface area contributed by atoms with E-state index < -0.39 is 6.04 Å². The molecule has 0 aliphatic heterocycles. The number of benzene rings is 3. The molecule has 1 N–H and O–H groups in total. The van der Waals surface area contributed by atoms with Crippen molar-refractivity contribution < 1.29 is 14.3 Å². The molecule has 0 aromatic heterocycles. The molecule has 0 bridgehead atoms. The molecule has 1 atom stereocenters. The van der Waals surface area contributed by atoms with Crippen LogP contribution in [0, 0.1) is 6.92 Å². The monoisotopic (exact) mass is 498 g/mol. The first-order valence-electron chi connectivity index (χ1n) is 13.4. The average molecular weight is 499 g/mol. The van der Waals surface area contributed by atoms with E-state index in [1.165, 1.54) is 5.56 Å². The van der Waals surface area contributed by atoms with Crippen molar-refractivity contribution in [1.29, 1.82) is 0 Å². The Bertz CT molecular complexity index is 1140. The number of amides is 2. The van der Waals surface area contributed by atoms with E-state index in [4.69, 9.17) is 4.74 Å². The zero-order chi connectivity index (χ0) is 26.0. The Labute approximate surface area is 220 Å². The Hall–Kier alpha value is -3.60. The van der Waals surface area contributed by atoms with Crippen LogP contribution in [0.5, 0.6) is 5.75 Å². The minimum Gasteiger partial charge on any atom is -0.484 e. The predicted octanol–water partition coefficient (Wildman–Crippen LogP) is 5.64. The van der Waals surface area contributed by atoms with Gasteiger partial charge >= 0.3 is 0 Å². The molecular formula is C32H38N2O3. The molecular weight excluding hydrogens is 460 g/mol. The molecule has 0 radical (unpaired) electrons. The molecule has 1 fully saturated rings. The van der Waals surface area contributed by atoms with Gasteiger partial charge in [-0.25, -0.2) is 0 Å². The van der Waals surface area contributed by atoms with Gasteiger partial charge in [-0.3, -0.25) is 9.59 Å². The second-order valence-corrected chi connectivity index (χ2v) is 9.99. The second kappa shape index (κ2) is 13.1. The molecule has 0 unspecified atom stereocenters. The molecule has 4 rings (SSSR count). The van der Waals surface area contributed by atoms with E-state index in [1.54, 1.807) is 4.90 Å². The van der Waals surface area contributed by atoms with E-state index in [1.807, 2.05) is 85.8 Å². The fourth-order valence-electron chi connectivity index (χ4n) is 4.86. The van der Waals surface area contributed by atoms with Crippen molar-refractivity contribution in [2.45, 2.75) is 71.0 Å². The third-order valence-corrected chi connectivity index (χ3v) is 7.14. The summed E-state index contributed by atoms with van der Waals surface area (Å²) < 4.78 is 5.90. The lowest BCUT2D eigenvalue weighted by Crippen LogP contribution is -2.53. The van der Waals surface area contributed by atoms with Crippen LogP contribution in [0.2, 0.25) is 0 Å². The lowest BCUT2D eigenvalue weighted by molar-refractivity contribution is -0.143. The van der Waals surface area contributed by atoms with Gasteiger partial charge in [0.05, 0.1) is 0 Å². The zero-order valence-corrected chi connectivity index (χ0v) is 22.0. The Morgan fingerprint density at radius 3 is 2.19 bits per heavy atom. The Morgan fingerprint density at radius 1 is 0.892 bits per heavy atom. The number of rotatable bonds is 11. The fraction of sp³-hybridized carbons (Fsp3) is 0.375. The van der Waals surface area contributed by atoms with Gasteiger partial charge in [-0.15, -0.1) is 0 Å². The van der Waals surface area contributed by atoms with Crippen molar-refractivity contribution in [3.8, 4) is 5.75 Å². The molecule has 2 amide bonds. The molecule has 37 heavy (non-hydrogen) atoms. The first-order valence-corrected chi connectivity index (χ1v) is 13.4. The summed E-state index contributed by atoms with van der Waals surface area (Å²) in [4.78, 5) is 29.1. The van der Waals surface area contributed by atoms with Crippen molar-refractivity contribution in [1.82, 2.24) is 10.2 Å². The number of ether oxygens (including phenoxy) is 1. The second-order valence-electron chi connectivity index (χ2n) is 9.99. The van der Waals surface area contributed by atoms with E-state index >= 15 is 0 Å². The average Bonchev–Trinajstić information content (AvgIpc) is 3.44. The zero-order valence-electron chi connectivity index (χ0n) is 22.0. The minimum absolute atomic E-state index is 0.0940. The molecule has 0 spiro atoms. The Balaban J connectivity index is 1.58. The van der Waals surface area contributed by atoms with E-state index in [0.717, 1.165) is 48.8 Å². The first kappa shape index (κ1) is 26.5. The molecule has 3 aromatic carbocycles. The molecule has 0 heterocycles. The third kappa shape index (κ3) is 7.69. The Kier molecular flexibility index (Phi) is 9.36. The van der Waals surface area contributed by atoms with Crippen LogP contribution in [-0.4, -0.2) is 35.4 Å². The van der Waals surface area contributed by atoms with Crippen LogP contribution in [-0.2, 0) is 29.0 Å². The summed E-state index contributed by atoms with van der Waals surface area (Å²) >= 11 is 0. The normalized spacial score (nSPS) is 14.2. The number of carbonyl (C=O) groups excluding carboxylic acids is 2. The summed E-state index contributed by atoms with van der Waals surface area (Å²) in [6.07, 6.45) is 5.64. The minimum atomic E-state index is -0.636. The first-order chi connectivity index (χ1) is 18.0. The van der Waals surface area contributed by atoms with Gasteiger partial charge in [0.25, 0.3) is 5.91 Å². The van der Waals surface area contributed by atoms with Gasteiger partial charge < -0.3 is 15.0 Å². The largest absolute Gasteiger partial charge is 0.484 e. The van der Waals surface area contributed by atoms with E-state index in [2.05, 4.69) is 12.2 Å². The van der Waals surface area contributed by atoms with Crippen molar-refractivity contribution in [3.05, 3.63) is 101 Å². The predicted molar refractivity (Wildman–Crippen MR) is 147 cm³/mol. The van der Waals surface area contributed by atoms with Crippen molar-refractivity contribution in [3.63, 3.8) is 0 Å². The molecule has 5 heteroatoms. The number of nitrogens with zero attached hydrogens (tertiary/aromatic N) is 1. The third-order valence-electron chi connectivity index (χ3n) is 7.14. The molecule has 0 saturated heterocycles. The van der Waals surface area contributed by atoms with Gasteiger partial charge in [0, 0.05) is 19.0 Å². The Morgan fingerprint density at radius 2 is 1.54 bits per heavy atom. The summed E-state index contributed by atoms with van der Waals surface area (Å²) in [7, 11) is 0. The SMILES string of the molecule is CCc1ccc(OCC(=O)N(Cc2ccc(C)cc2)[C@@H](Cc2ccccc2)C(=O)NC2CCCC2)cc1. The number of aryl methyl sites for hydroxylation is 2. The summed E-state index contributed by atoms with van der Waals surface area (Å²) in [5, 5.41) is 3.24. The molecule has 5 nitrogen and oxygen atoms in total. The van der Waals surface area contributed by atoms with E-state index in [0.29, 0.717) is 18.7 Å². The molecule has 1 saturated carbocycles. The highest BCUT2D eigenvalue weighted by Crippen LogP contribution is 2.21. The van der Waals surface area contributed by atoms with Crippen molar-refractivity contribution in [2.24, 2.45) is 0 Å². The highest BCUT2D eigenvalue weighted by molar-refractivity contribution is 5.88. The van der Waals surface area contributed by atoms with Gasteiger partial charge in [0.1, 0.15) is 11.8 Å². The summed E-state index contributed by atoms with van der Waals surface area (Å²) in [6, 6.07) is 25.4. The van der Waals surface area contributed by atoms with E-state index in [-0.39, 0.29) is 24.5 Å². The summed E-state index contributed by atoms with van der Waals surface area (Å²) in [5.41, 5.74) is 4.37. The smallest absolute Gasteiger partial charge is 0.261 e. The molecule has 3 aromatic rings. The number of carbonyl (C=O) groups is 2. The van der Waals surface area contributed by atoms with Crippen LogP contribution in [0.1, 0.15) is 54.9 Å². The lowest BCUT2D eigenvalue weighted by Gasteiger charge is -2.32. The maximum atomic E-state index is 13.7. The number of hydrogen-bond acceptors (Lipinski definition) is 3. The van der Waals surface area contributed by atoms with Gasteiger partial charge in [-0.05, 0) is 55.0 Å². The molecule has 1 aliphatic carbocycles. The maximum Gasteiger partial charge on any atom is 0.261 e. The van der Waals surface area contributed by atoms with Crippen LogP contribution < -0.4 is 10.1 Å². The summed E-state index contributed by atoms with van der Waals surface area (Å²) in [5.74, 6) is 0.349. The highest BCUT2D eigenvalue weighted by Gasteiger charge is 2.32. The van der Waals surface area contributed by atoms with Crippen LogP contribution in [0.3, 0.4) is 0 Å². The van der Waals surface area contributed by atoms with Crippen LogP contribution >= 0.6 is 0 Å². The lowest BCUT2D eigenvalue weighted by atomic mass is 10.0. The standard InChI is InChI=1S/C32H38N2O3/c1-3-25-17-19-29(20-18-25)37-23-31(35)34(22-27-15-13-24(2)14-16-27)30(21-26-9-5-4-6-10-26)32(36)33-28-11-7-8-12-28/h4-6,9-10,13-20,28,30H,3,7-8,11-12,21-23H2,1-2H3,(H,33,36)/t30-/m0/s1. The van der Waals surface area contributed by atoms with Gasteiger partial charge in [0.2, 0.25) is 5.91 Å². The van der Waals surface area contributed by atoms with Gasteiger partial charge in [0.15, 0.2) is 6.61 Å². The molecule has 194 valence electrons. The highest BCUT2D eigenvalue weighted by atomic mass is 16.5. The van der Waals surface area contributed by atoms with Crippen LogP contribution in [0.4, 0.5) is 0 Å². The fourth-order valence-corrected chi connectivity index (χ4v) is 4.86. The van der Waals surface area contributed by atoms with Crippen LogP contribution in [0.25, 0.3) is 0 Å². The van der Waals surface area contributed by atoms with Crippen LogP contribution in [0.15, 0.2) is 78.9 Å².